The van der Waals surface area contributed by atoms with Gasteiger partial charge >= 0.3 is 5.97 Å². The van der Waals surface area contributed by atoms with E-state index in [1.165, 1.54) is 4.57 Å². The number of imidazole rings is 1. The van der Waals surface area contributed by atoms with Crippen LogP contribution in [0, 0.1) is 0 Å². The van der Waals surface area contributed by atoms with Crippen LogP contribution in [0.5, 0.6) is 0 Å². The molecule has 140 valence electrons. The number of aromatic carboxylic acids is 1. The fraction of sp³-hybridized carbons (Fsp3) is 0.167. The van der Waals surface area contributed by atoms with E-state index in [1.807, 2.05) is 0 Å². The molecule has 3 rings (SSSR count). The molecule has 0 aliphatic carbocycles. The van der Waals surface area contributed by atoms with Crippen LogP contribution in [0.3, 0.4) is 0 Å². The van der Waals surface area contributed by atoms with Crippen molar-refractivity contribution in [3.63, 3.8) is 0 Å². The first-order valence-corrected chi connectivity index (χ1v) is 10.1. The highest BCUT2D eigenvalue weighted by molar-refractivity contribution is 7.91. The smallest absolute Gasteiger partial charge is 0.359 e. The number of carbonyl (C=O) groups is 1. The number of hydrogen-bond acceptors (Lipinski definition) is 4. The molecule has 2 aromatic heterocycles. The highest BCUT2D eigenvalue weighted by Gasteiger charge is 2.31. The Kier molecular flexibility index (Phi) is 6.06. The Bertz CT molecular complexity index is 979. The van der Waals surface area contributed by atoms with Crippen molar-refractivity contribution in [2.24, 2.45) is 0 Å². The summed E-state index contributed by atoms with van der Waals surface area (Å²) in [4.78, 5) is 20.4. The van der Waals surface area contributed by atoms with Crippen molar-refractivity contribution in [3.8, 4) is 11.4 Å². The molecule has 0 spiro atoms. The molecule has 1 N–H and O–H groups in total. The highest BCUT2D eigenvalue weighted by Crippen LogP contribution is 2.29. The molecule has 27 heavy (non-hydrogen) atoms. The van der Waals surface area contributed by atoms with Gasteiger partial charge < -0.3 is 14.2 Å². The number of nitrogens with zero attached hydrogens (tertiary/aromatic N) is 3. The molecule has 0 saturated heterocycles. The third-order valence-corrected chi connectivity index (χ3v) is 5.72. The summed E-state index contributed by atoms with van der Waals surface area (Å²) < 4.78 is 13.9. The van der Waals surface area contributed by atoms with Gasteiger partial charge in [0.2, 0.25) is 5.69 Å². The zero-order chi connectivity index (χ0) is 19.6. The van der Waals surface area contributed by atoms with Gasteiger partial charge in [-0.05, 0) is 42.8 Å². The minimum Gasteiger partial charge on any atom is -0.610 e. The number of halogens is 2. The average molecular weight is 424 g/mol. The van der Waals surface area contributed by atoms with Gasteiger partial charge in [-0.15, -0.1) is 0 Å². The second-order valence-corrected chi connectivity index (χ2v) is 8.09. The van der Waals surface area contributed by atoms with Gasteiger partial charge in [-0.2, -0.15) is 4.98 Å². The van der Waals surface area contributed by atoms with E-state index in [4.69, 9.17) is 23.2 Å². The third kappa shape index (κ3) is 4.11. The minimum absolute atomic E-state index is 0.0296. The van der Waals surface area contributed by atoms with E-state index in [1.54, 1.807) is 49.6 Å². The number of carboxylic acid groups (broad SMARTS) is 1. The zero-order valence-electron chi connectivity index (χ0n) is 14.2. The first-order valence-electron chi connectivity index (χ1n) is 7.98. The molecule has 1 aromatic carbocycles. The first-order chi connectivity index (χ1) is 12.9. The normalized spacial score (nSPS) is 12.1. The molecule has 2 heterocycles. The highest BCUT2D eigenvalue weighted by atomic mass is 35.5. The SMILES string of the molecule is CC[S+]([O-])c1nc(-c2cccnc2)n(Cc2cc(Cl)ccc2Cl)c1C(=O)O. The quantitative estimate of drug-likeness (QED) is 0.601. The van der Waals surface area contributed by atoms with Crippen LogP contribution in [0.25, 0.3) is 11.4 Å². The van der Waals surface area contributed by atoms with Crippen molar-refractivity contribution >= 4 is 40.3 Å². The van der Waals surface area contributed by atoms with Crippen molar-refractivity contribution < 1.29 is 14.5 Å². The summed E-state index contributed by atoms with van der Waals surface area (Å²) in [7, 11) is 0. The number of hydrogen-bond donors (Lipinski definition) is 1. The summed E-state index contributed by atoms with van der Waals surface area (Å²) in [6.07, 6.45) is 3.18. The van der Waals surface area contributed by atoms with Gasteiger partial charge in [0.05, 0.1) is 6.54 Å². The molecule has 3 aromatic rings. The van der Waals surface area contributed by atoms with Crippen LogP contribution in [0.2, 0.25) is 10.0 Å². The van der Waals surface area contributed by atoms with E-state index in [2.05, 4.69) is 9.97 Å². The molecule has 0 saturated carbocycles. The van der Waals surface area contributed by atoms with Crippen LogP contribution in [0.1, 0.15) is 23.0 Å². The summed E-state index contributed by atoms with van der Waals surface area (Å²) in [5.41, 5.74) is 1.10. The number of rotatable bonds is 6. The van der Waals surface area contributed by atoms with Crippen LogP contribution in [0.4, 0.5) is 0 Å². The molecule has 0 aliphatic heterocycles. The largest absolute Gasteiger partial charge is 0.610 e. The fourth-order valence-electron chi connectivity index (χ4n) is 2.64. The van der Waals surface area contributed by atoms with Crippen LogP contribution < -0.4 is 0 Å². The first kappa shape index (κ1) is 19.7. The summed E-state index contributed by atoms with van der Waals surface area (Å²) in [6, 6.07) is 8.44. The van der Waals surface area contributed by atoms with Gasteiger partial charge in [-0.3, -0.25) is 4.98 Å². The Hall–Kier alpha value is -2.06. The van der Waals surface area contributed by atoms with Gasteiger partial charge in [0.1, 0.15) is 11.6 Å². The van der Waals surface area contributed by atoms with Crippen LogP contribution in [-0.4, -0.2) is 35.9 Å². The van der Waals surface area contributed by atoms with E-state index in [-0.39, 0.29) is 23.0 Å². The standard InChI is InChI=1S/C18H15Cl2N3O3S/c1-2-27(26)17-15(18(24)25)23(10-12-8-13(19)5-6-14(12)20)16(22-17)11-4-3-7-21-9-11/h3-9H,2,10H2,1H3,(H,24,25). The molecular weight excluding hydrogens is 409 g/mol. The fourth-order valence-corrected chi connectivity index (χ4v) is 3.88. The number of pyridine rings is 1. The molecule has 0 bridgehead atoms. The van der Waals surface area contributed by atoms with E-state index >= 15 is 0 Å². The predicted octanol–water partition coefficient (Wildman–Crippen LogP) is 4.13. The second-order valence-electron chi connectivity index (χ2n) is 5.59. The minimum atomic E-state index is -1.55. The Labute approximate surface area is 169 Å². The van der Waals surface area contributed by atoms with Gasteiger partial charge in [0, 0.05) is 39.2 Å². The van der Waals surface area contributed by atoms with E-state index in [0.29, 0.717) is 27.0 Å². The zero-order valence-corrected chi connectivity index (χ0v) is 16.6. The average Bonchev–Trinajstić information content (AvgIpc) is 3.04. The Balaban J connectivity index is 2.24. The predicted molar refractivity (Wildman–Crippen MR) is 105 cm³/mol. The van der Waals surface area contributed by atoms with Gasteiger partial charge in [-0.1, -0.05) is 23.2 Å². The van der Waals surface area contributed by atoms with Crippen molar-refractivity contribution in [1.29, 1.82) is 0 Å². The van der Waals surface area contributed by atoms with Crippen LogP contribution in [0.15, 0.2) is 47.8 Å². The van der Waals surface area contributed by atoms with Gasteiger partial charge in [0.15, 0.2) is 0 Å². The summed E-state index contributed by atoms with van der Waals surface area (Å²) in [5, 5.41) is 10.7. The molecule has 1 atom stereocenters. The van der Waals surface area contributed by atoms with E-state index < -0.39 is 17.1 Å². The van der Waals surface area contributed by atoms with Crippen molar-refractivity contribution in [3.05, 3.63) is 64.0 Å². The number of carboxylic acids is 1. The molecule has 6 nitrogen and oxygen atoms in total. The maximum Gasteiger partial charge on any atom is 0.359 e. The molecule has 0 amide bonds. The lowest BCUT2D eigenvalue weighted by molar-refractivity contribution is 0.0681. The second kappa shape index (κ2) is 8.31. The summed E-state index contributed by atoms with van der Waals surface area (Å²) in [6.45, 7) is 1.82. The van der Waals surface area contributed by atoms with Crippen LogP contribution >= 0.6 is 23.2 Å². The number of benzene rings is 1. The van der Waals surface area contributed by atoms with Crippen LogP contribution in [-0.2, 0) is 17.7 Å². The maximum atomic E-state index is 12.4. The third-order valence-electron chi connectivity index (χ3n) is 3.87. The van der Waals surface area contributed by atoms with Crippen molar-refractivity contribution in [2.75, 3.05) is 5.75 Å². The van der Waals surface area contributed by atoms with E-state index in [0.717, 1.165) is 0 Å². The Morgan fingerprint density at radius 3 is 2.74 bits per heavy atom. The van der Waals surface area contributed by atoms with Gasteiger partial charge in [-0.25, -0.2) is 4.79 Å². The monoisotopic (exact) mass is 423 g/mol. The van der Waals surface area contributed by atoms with Gasteiger partial charge in [0.25, 0.3) is 5.03 Å². The van der Waals surface area contributed by atoms with Crippen molar-refractivity contribution in [2.45, 2.75) is 18.5 Å². The molecule has 9 heteroatoms. The molecule has 1 unspecified atom stereocenters. The van der Waals surface area contributed by atoms with Crippen molar-refractivity contribution in [1.82, 2.24) is 14.5 Å². The lowest BCUT2D eigenvalue weighted by atomic mass is 10.2. The number of aromatic nitrogens is 3. The van der Waals surface area contributed by atoms with E-state index in [9.17, 15) is 14.5 Å². The lowest BCUT2D eigenvalue weighted by Crippen LogP contribution is -2.15. The molecule has 0 radical (unpaired) electrons. The Morgan fingerprint density at radius 1 is 1.33 bits per heavy atom. The topological polar surface area (TPSA) is 91.1 Å². The lowest BCUT2D eigenvalue weighted by Gasteiger charge is -2.12. The summed E-state index contributed by atoms with van der Waals surface area (Å²) in [5.74, 6) is -0.609. The molecular formula is C18H15Cl2N3O3S. The Morgan fingerprint density at radius 2 is 2.11 bits per heavy atom. The molecule has 0 fully saturated rings. The molecule has 0 aliphatic rings. The maximum absolute atomic E-state index is 12.4. The summed E-state index contributed by atoms with van der Waals surface area (Å²) >= 11 is 10.8.